The lowest BCUT2D eigenvalue weighted by atomic mass is 9.88. The van der Waals surface area contributed by atoms with Gasteiger partial charge in [-0.2, -0.15) is 0 Å². The first-order chi connectivity index (χ1) is 9.17. The van der Waals surface area contributed by atoms with E-state index in [1.807, 2.05) is 36.4 Å². The van der Waals surface area contributed by atoms with Crippen LogP contribution >= 0.6 is 12.2 Å². The molecule has 2 aromatic carbocycles. The molecular formula is C16H15NOS. The fourth-order valence-electron chi connectivity index (χ4n) is 2.49. The minimum atomic E-state index is -0.433. The van der Waals surface area contributed by atoms with Crippen molar-refractivity contribution in [3.8, 4) is 0 Å². The zero-order chi connectivity index (χ0) is 13.3. The third kappa shape index (κ3) is 2.34. The van der Waals surface area contributed by atoms with E-state index in [1.54, 1.807) is 0 Å². The number of nitrogens with one attached hydrogen (secondary N) is 1. The van der Waals surface area contributed by atoms with E-state index in [2.05, 4.69) is 30.4 Å². The van der Waals surface area contributed by atoms with Crippen molar-refractivity contribution >= 4 is 23.1 Å². The summed E-state index contributed by atoms with van der Waals surface area (Å²) >= 11 is 5.28. The second-order valence-electron chi connectivity index (χ2n) is 4.95. The fraction of sp³-hybridized carbons (Fsp3) is 0.188. The largest absolute Gasteiger partial charge is 0.459 e. The average Bonchev–Trinajstić information content (AvgIpc) is 2.55. The van der Waals surface area contributed by atoms with Gasteiger partial charge in [0.15, 0.2) is 0 Å². The summed E-state index contributed by atoms with van der Waals surface area (Å²) in [6, 6.07) is 18.4. The Morgan fingerprint density at radius 2 is 1.74 bits per heavy atom. The van der Waals surface area contributed by atoms with Crippen molar-refractivity contribution in [2.45, 2.75) is 18.9 Å². The first-order valence-corrected chi connectivity index (χ1v) is 6.72. The molecule has 0 spiro atoms. The minimum Gasteiger partial charge on any atom is -0.459 e. The standard InChI is InChI=1S/C16H15NOS/c1-16(13-8-3-2-4-9-13)11-12-7-5-6-10-14(12)17-15(19)18-16/h2-10H,11H2,1H3,(H,17,19). The minimum absolute atomic E-state index is 0.427. The number of fused-ring (bicyclic) bond motifs is 1. The van der Waals surface area contributed by atoms with Crippen LogP contribution in [0.25, 0.3) is 0 Å². The number of para-hydroxylation sites is 1. The lowest BCUT2D eigenvalue weighted by Crippen LogP contribution is -2.30. The lowest BCUT2D eigenvalue weighted by Gasteiger charge is -2.29. The van der Waals surface area contributed by atoms with E-state index in [0.717, 1.165) is 17.7 Å². The Kier molecular flexibility index (Phi) is 2.99. The summed E-state index contributed by atoms with van der Waals surface area (Å²) in [4.78, 5) is 0. The second-order valence-corrected chi connectivity index (χ2v) is 5.32. The van der Waals surface area contributed by atoms with Crippen LogP contribution < -0.4 is 5.32 Å². The van der Waals surface area contributed by atoms with Gasteiger partial charge in [0.2, 0.25) is 0 Å². The van der Waals surface area contributed by atoms with Crippen molar-refractivity contribution in [3.63, 3.8) is 0 Å². The molecule has 0 saturated carbocycles. The third-order valence-electron chi connectivity index (χ3n) is 3.48. The summed E-state index contributed by atoms with van der Waals surface area (Å²) in [5.74, 6) is 0. The molecule has 0 aromatic heterocycles. The number of anilines is 1. The van der Waals surface area contributed by atoms with Crippen LogP contribution in [0.3, 0.4) is 0 Å². The molecule has 1 aliphatic heterocycles. The molecule has 3 rings (SSSR count). The van der Waals surface area contributed by atoms with Crippen LogP contribution in [0.4, 0.5) is 5.69 Å². The molecule has 1 N–H and O–H groups in total. The Balaban J connectivity index is 2.07. The van der Waals surface area contributed by atoms with E-state index < -0.39 is 5.60 Å². The highest BCUT2D eigenvalue weighted by molar-refractivity contribution is 7.80. The predicted octanol–water partition coefficient (Wildman–Crippen LogP) is 3.87. The van der Waals surface area contributed by atoms with E-state index in [0.29, 0.717) is 5.17 Å². The third-order valence-corrected chi connectivity index (χ3v) is 3.67. The average molecular weight is 269 g/mol. The zero-order valence-electron chi connectivity index (χ0n) is 10.7. The number of rotatable bonds is 1. The summed E-state index contributed by atoms with van der Waals surface area (Å²) < 4.78 is 5.99. The highest BCUT2D eigenvalue weighted by Crippen LogP contribution is 2.35. The Bertz CT molecular complexity index is 611. The van der Waals surface area contributed by atoms with Gasteiger partial charge in [-0.05, 0) is 36.3 Å². The van der Waals surface area contributed by atoms with Gasteiger partial charge in [-0.3, -0.25) is 0 Å². The molecule has 0 fully saturated rings. The smallest absolute Gasteiger partial charge is 0.262 e. The Morgan fingerprint density at radius 3 is 2.53 bits per heavy atom. The Morgan fingerprint density at radius 1 is 1.05 bits per heavy atom. The number of hydrogen-bond donors (Lipinski definition) is 1. The second kappa shape index (κ2) is 4.67. The van der Waals surface area contributed by atoms with Gasteiger partial charge >= 0.3 is 0 Å². The molecule has 96 valence electrons. The molecule has 1 atom stereocenters. The van der Waals surface area contributed by atoms with Crippen LogP contribution in [0.1, 0.15) is 18.1 Å². The maximum atomic E-state index is 5.99. The quantitative estimate of drug-likeness (QED) is 0.794. The van der Waals surface area contributed by atoms with Gasteiger partial charge in [0.25, 0.3) is 5.17 Å². The molecule has 0 bridgehead atoms. The number of thiocarbonyl (C=S) groups is 1. The SMILES string of the molecule is CC1(c2ccccc2)Cc2ccccc2NC(=S)O1. The van der Waals surface area contributed by atoms with Gasteiger partial charge in [0, 0.05) is 12.1 Å². The van der Waals surface area contributed by atoms with E-state index in [-0.39, 0.29) is 0 Å². The van der Waals surface area contributed by atoms with Gasteiger partial charge in [0.1, 0.15) is 5.60 Å². The molecule has 0 aliphatic carbocycles. The van der Waals surface area contributed by atoms with Crippen molar-refractivity contribution < 1.29 is 4.74 Å². The van der Waals surface area contributed by atoms with Crippen molar-refractivity contribution in [1.82, 2.24) is 0 Å². The van der Waals surface area contributed by atoms with E-state index in [1.165, 1.54) is 5.56 Å². The molecule has 1 heterocycles. The molecular weight excluding hydrogens is 254 g/mol. The normalized spacial score (nSPS) is 21.8. The van der Waals surface area contributed by atoms with Crippen LogP contribution in [0.2, 0.25) is 0 Å². The molecule has 1 aliphatic rings. The highest BCUT2D eigenvalue weighted by atomic mass is 32.1. The monoisotopic (exact) mass is 269 g/mol. The summed E-state index contributed by atoms with van der Waals surface area (Å²) in [5, 5.41) is 3.58. The molecule has 2 aromatic rings. The highest BCUT2D eigenvalue weighted by Gasteiger charge is 2.33. The van der Waals surface area contributed by atoms with Crippen molar-refractivity contribution in [3.05, 3.63) is 65.7 Å². The van der Waals surface area contributed by atoms with Gasteiger partial charge in [-0.1, -0.05) is 48.5 Å². The topological polar surface area (TPSA) is 21.3 Å². The first-order valence-electron chi connectivity index (χ1n) is 6.31. The predicted molar refractivity (Wildman–Crippen MR) is 81.2 cm³/mol. The van der Waals surface area contributed by atoms with Crippen LogP contribution in [0, 0.1) is 0 Å². The maximum absolute atomic E-state index is 5.99. The fourth-order valence-corrected chi connectivity index (χ4v) is 2.78. The summed E-state index contributed by atoms with van der Waals surface area (Å²) in [5.41, 5.74) is 2.95. The van der Waals surface area contributed by atoms with Gasteiger partial charge < -0.3 is 10.1 Å². The summed E-state index contributed by atoms with van der Waals surface area (Å²) in [6.07, 6.45) is 0.792. The first kappa shape index (κ1) is 12.2. The van der Waals surface area contributed by atoms with Crippen LogP contribution in [0.15, 0.2) is 54.6 Å². The number of hydrogen-bond acceptors (Lipinski definition) is 2. The molecule has 0 radical (unpaired) electrons. The molecule has 0 amide bonds. The number of ether oxygens (including phenoxy) is 1. The Labute approximate surface area is 118 Å². The van der Waals surface area contributed by atoms with E-state index in [9.17, 15) is 0 Å². The lowest BCUT2D eigenvalue weighted by molar-refractivity contribution is 0.0799. The summed E-state index contributed by atoms with van der Waals surface area (Å²) in [7, 11) is 0. The van der Waals surface area contributed by atoms with Crippen molar-refractivity contribution in [2.75, 3.05) is 5.32 Å². The van der Waals surface area contributed by atoms with Crippen LogP contribution in [-0.2, 0) is 16.8 Å². The summed E-state index contributed by atoms with van der Waals surface area (Å²) in [6.45, 7) is 2.08. The van der Waals surface area contributed by atoms with Crippen LogP contribution in [-0.4, -0.2) is 5.17 Å². The molecule has 2 nitrogen and oxygen atoms in total. The van der Waals surface area contributed by atoms with Gasteiger partial charge in [0.05, 0.1) is 0 Å². The van der Waals surface area contributed by atoms with Crippen LogP contribution in [0.5, 0.6) is 0 Å². The maximum Gasteiger partial charge on any atom is 0.262 e. The van der Waals surface area contributed by atoms with Crippen molar-refractivity contribution in [2.24, 2.45) is 0 Å². The van der Waals surface area contributed by atoms with E-state index in [4.69, 9.17) is 17.0 Å². The molecule has 3 heteroatoms. The van der Waals surface area contributed by atoms with Crippen molar-refractivity contribution in [1.29, 1.82) is 0 Å². The van der Waals surface area contributed by atoms with Gasteiger partial charge in [-0.25, -0.2) is 0 Å². The molecule has 1 unspecified atom stereocenters. The molecule has 0 saturated heterocycles. The van der Waals surface area contributed by atoms with E-state index >= 15 is 0 Å². The zero-order valence-corrected chi connectivity index (χ0v) is 11.5. The molecule has 19 heavy (non-hydrogen) atoms. The van der Waals surface area contributed by atoms with Gasteiger partial charge in [-0.15, -0.1) is 0 Å². The Hall–Kier alpha value is -1.87. The number of benzene rings is 2.